The number of hydrogen-bond acceptors (Lipinski definition) is 4. The van der Waals surface area contributed by atoms with Crippen molar-refractivity contribution in [3.63, 3.8) is 0 Å². The van der Waals surface area contributed by atoms with Crippen molar-refractivity contribution in [3.8, 4) is 0 Å². The molecule has 2 fully saturated rings. The van der Waals surface area contributed by atoms with Crippen LogP contribution in [0.2, 0.25) is 0 Å². The largest absolute Gasteiger partial charge is 0.435 e. The minimum absolute atomic E-state index is 0.0576. The molecule has 1 saturated carbocycles. The van der Waals surface area contributed by atoms with Crippen LogP contribution in [-0.4, -0.2) is 53.4 Å². The van der Waals surface area contributed by atoms with Crippen LogP contribution < -0.4 is 5.32 Å². The molecular formula is C18H16F9N3O3. The lowest BCUT2D eigenvalue weighted by atomic mass is 9.90. The van der Waals surface area contributed by atoms with Crippen LogP contribution in [0.25, 0.3) is 0 Å². The summed E-state index contributed by atoms with van der Waals surface area (Å²) in [6.45, 7) is -0.544. The number of carbonyl (C=O) groups excluding carboxylic acids is 2. The number of aromatic nitrogens is 1. The second kappa shape index (κ2) is 8.24. The molecule has 2 amide bonds. The summed E-state index contributed by atoms with van der Waals surface area (Å²) in [7, 11) is 0. The number of halogens is 9. The second-order valence-corrected chi connectivity index (χ2v) is 7.84. The summed E-state index contributed by atoms with van der Waals surface area (Å²) >= 11 is 0. The highest BCUT2D eigenvalue weighted by Gasteiger charge is 2.62. The number of amides is 2. The first-order valence-corrected chi connectivity index (χ1v) is 9.47. The number of pyridine rings is 1. The first kappa shape index (κ1) is 24.9. The van der Waals surface area contributed by atoms with Crippen molar-refractivity contribution in [3.05, 3.63) is 24.0 Å². The van der Waals surface area contributed by atoms with Crippen molar-refractivity contribution < 1.29 is 53.8 Å². The highest BCUT2D eigenvalue weighted by atomic mass is 19.4. The van der Waals surface area contributed by atoms with Gasteiger partial charge in [0, 0.05) is 25.2 Å². The number of nitrogens with zero attached hydrogens (tertiary/aromatic N) is 2. The van der Waals surface area contributed by atoms with Gasteiger partial charge < -0.3 is 15.0 Å². The minimum atomic E-state index is -5.84. The first-order chi connectivity index (χ1) is 15.0. The average Bonchev–Trinajstić information content (AvgIpc) is 3.37. The van der Waals surface area contributed by atoms with Crippen molar-refractivity contribution >= 4 is 17.7 Å². The molecule has 1 atom stereocenters. The number of piperidine rings is 1. The minimum Gasteiger partial charge on any atom is -0.426 e. The van der Waals surface area contributed by atoms with E-state index in [-0.39, 0.29) is 32.4 Å². The fourth-order valence-corrected chi connectivity index (χ4v) is 3.85. The molecule has 6 nitrogen and oxygen atoms in total. The van der Waals surface area contributed by atoms with Crippen LogP contribution in [0.15, 0.2) is 18.3 Å². The number of alkyl halides is 9. The van der Waals surface area contributed by atoms with Crippen molar-refractivity contribution in [2.75, 3.05) is 18.4 Å². The van der Waals surface area contributed by atoms with E-state index in [4.69, 9.17) is 0 Å². The van der Waals surface area contributed by atoms with Gasteiger partial charge in [-0.05, 0) is 36.8 Å². The van der Waals surface area contributed by atoms with E-state index in [2.05, 4.69) is 15.0 Å². The fourth-order valence-electron chi connectivity index (χ4n) is 3.85. The van der Waals surface area contributed by atoms with Gasteiger partial charge in [0.25, 0.3) is 6.10 Å². The SMILES string of the molecule is O=C(Nc1cccnc1C(F)(F)F)[C@@H]1CC12CCN(C(=O)OC(C(F)(F)F)C(F)(F)F)CC2. The first-order valence-electron chi connectivity index (χ1n) is 9.47. The lowest BCUT2D eigenvalue weighted by Crippen LogP contribution is -2.49. The maximum absolute atomic E-state index is 13.0. The number of hydrogen-bond donors (Lipinski definition) is 1. The molecule has 0 aromatic carbocycles. The molecule has 1 spiro atoms. The maximum atomic E-state index is 13.0. The zero-order valence-corrected chi connectivity index (χ0v) is 16.4. The average molecular weight is 493 g/mol. The Hall–Kier alpha value is -2.74. The van der Waals surface area contributed by atoms with E-state index in [0.29, 0.717) is 4.90 Å². The molecule has 1 N–H and O–H groups in total. The Morgan fingerprint density at radius 2 is 1.64 bits per heavy atom. The fraction of sp³-hybridized carbons (Fsp3) is 0.611. The van der Waals surface area contributed by atoms with Crippen LogP contribution in [-0.2, 0) is 15.7 Å². The van der Waals surface area contributed by atoms with E-state index >= 15 is 0 Å². The summed E-state index contributed by atoms with van der Waals surface area (Å²) in [6.07, 6.45) is -21.3. The molecule has 2 heterocycles. The van der Waals surface area contributed by atoms with E-state index < -0.39 is 59.3 Å². The molecule has 1 aromatic heterocycles. The lowest BCUT2D eigenvalue weighted by Gasteiger charge is -2.33. The summed E-state index contributed by atoms with van der Waals surface area (Å²) in [4.78, 5) is 28.2. The van der Waals surface area contributed by atoms with Gasteiger partial charge in [0.2, 0.25) is 5.91 Å². The van der Waals surface area contributed by atoms with Gasteiger partial charge in [-0.2, -0.15) is 39.5 Å². The molecule has 2 aliphatic rings. The number of ether oxygens (including phenoxy) is 1. The van der Waals surface area contributed by atoms with Gasteiger partial charge >= 0.3 is 24.6 Å². The van der Waals surface area contributed by atoms with Gasteiger partial charge in [0.1, 0.15) is 0 Å². The molecule has 1 aliphatic carbocycles. The predicted molar refractivity (Wildman–Crippen MR) is 91.6 cm³/mol. The topological polar surface area (TPSA) is 71.5 Å². The normalized spacial score (nSPS) is 20.7. The number of rotatable bonds is 3. The van der Waals surface area contributed by atoms with E-state index in [1.54, 1.807) is 0 Å². The van der Waals surface area contributed by atoms with Crippen molar-refractivity contribution in [2.45, 2.75) is 43.9 Å². The van der Waals surface area contributed by atoms with Crippen molar-refractivity contribution in [2.24, 2.45) is 11.3 Å². The van der Waals surface area contributed by atoms with Crippen LogP contribution >= 0.6 is 0 Å². The smallest absolute Gasteiger partial charge is 0.426 e. The predicted octanol–water partition coefficient (Wildman–Crippen LogP) is 4.77. The summed E-state index contributed by atoms with van der Waals surface area (Å²) in [5.41, 5.74) is -2.53. The van der Waals surface area contributed by atoms with Gasteiger partial charge in [-0.1, -0.05) is 0 Å². The van der Waals surface area contributed by atoms with Gasteiger partial charge in [0.15, 0.2) is 5.69 Å². The standard InChI is InChI=1S/C18H16F9N3O3/c19-16(20,21)11-10(2-1-5-28-11)29-12(31)9-8-15(9)3-6-30(7-4-15)14(32)33-13(17(22,23)24)18(25,26)27/h1-2,5,9,13H,3-4,6-8H2,(H,29,31)/t9-/m0/s1. The van der Waals surface area contributed by atoms with Crippen LogP contribution in [0.3, 0.4) is 0 Å². The Bertz CT molecular complexity index is 892. The van der Waals surface area contributed by atoms with Crippen LogP contribution in [0.4, 0.5) is 50.0 Å². The van der Waals surface area contributed by atoms with Crippen LogP contribution in [0.5, 0.6) is 0 Å². The molecular weight excluding hydrogens is 477 g/mol. The Labute approximate surface area is 180 Å². The number of anilines is 1. The number of carbonyl (C=O) groups is 2. The van der Waals surface area contributed by atoms with Gasteiger partial charge in [0.05, 0.1) is 5.69 Å². The monoisotopic (exact) mass is 493 g/mol. The summed E-state index contributed by atoms with van der Waals surface area (Å²) in [5, 5.41) is 2.17. The van der Waals surface area contributed by atoms with Gasteiger partial charge in [-0.15, -0.1) is 0 Å². The second-order valence-electron chi connectivity index (χ2n) is 7.84. The third kappa shape index (κ3) is 5.43. The van der Waals surface area contributed by atoms with E-state index in [0.717, 1.165) is 12.3 Å². The van der Waals surface area contributed by atoms with Gasteiger partial charge in [-0.25, -0.2) is 9.78 Å². The Balaban J connectivity index is 1.58. The number of nitrogens with one attached hydrogen (secondary N) is 1. The zero-order valence-electron chi connectivity index (χ0n) is 16.4. The Morgan fingerprint density at radius 3 is 2.15 bits per heavy atom. The molecule has 3 rings (SSSR count). The highest BCUT2D eigenvalue weighted by molar-refractivity contribution is 5.95. The zero-order chi connectivity index (χ0) is 24.8. The molecule has 0 bridgehead atoms. The third-order valence-corrected chi connectivity index (χ3v) is 5.67. The van der Waals surface area contributed by atoms with Gasteiger partial charge in [-0.3, -0.25) is 4.79 Å². The summed E-state index contributed by atoms with van der Waals surface area (Å²) in [5.74, 6) is -1.45. The van der Waals surface area contributed by atoms with E-state index in [1.165, 1.54) is 6.07 Å². The quantitative estimate of drug-likeness (QED) is 0.616. The highest BCUT2D eigenvalue weighted by Crippen LogP contribution is 2.59. The van der Waals surface area contributed by atoms with Crippen molar-refractivity contribution in [1.82, 2.24) is 9.88 Å². The number of likely N-dealkylation sites (tertiary alicyclic amines) is 1. The van der Waals surface area contributed by atoms with E-state index in [1.807, 2.05) is 0 Å². The summed E-state index contributed by atoms with van der Waals surface area (Å²) < 4.78 is 118. The molecule has 1 aliphatic heterocycles. The van der Waals surface area contributed by atoms with E-state index in [9.17, 15) is 49.1 Å². The lowest BCUT2D eigenvalue weighted by molar-refractivity contribution is -0.308. The summed E-state index contributed by atoms with van der Waals surface area (Å²) in [6, 6.07) is 2.23. The maximum Gasteiger partial charge on any atom is 0.435 e. The third-order valence-electron chi connectivity index (χ3n) is 5.67. The Morgan fingerprint density at radius 1 is 1.06 bits per heavy atom. The molecule has 33 heavy (non-hydrogen) atoms. The van der Waals surface area contributed by atoms with Crippen molar-refractivity contribution in [1.29, 1.82) is 0 Å². The molecule has 15 heteroatoms. The molecule has 0 radical (unpaired) electrons. The van der Waals surface area contributed by atoms with Crippen LogP contribution in [0, 0.1) is 11.3 Å². The molecule has 1 saturated heterocycles. The molecule has 1 aromatic rings. The molecule has 184 valence electrons. The Kier molecular flexibility index (Phi) is 6.21. The molecule has 0 unspecified atom stereocenters. The van der Waals surface area contributed by atoms with Crippen LogP contribution in [0.1, 0.15) is 25.0 Å².